The van der Waals surface area contributed by atoms with Crippen molar-refractivity contribution in [3.8, 4) is 22.8 Å². The summed E-state index contributed by atoms with van der Waals surface area (Å²) in [6.07, 6.45) is 2.42. The van der Waals surface area contributed by atoms with Crippen molar-refractivity contribution >= 4 is 17.0 Å². The summed E-state index contributed by atoms with van der Waals surface area (Å²) in [4.78, 5) is 5.85. The minimum absolute atomic E-state index is 0.225. The maximum absolute atomic E-state index is 5.90. The molecule has 1 aliphatic heterocycles. The van der Waals surface area contributed by atoms with Gasteiger partial charge in [-0.25, -0.2) is 4.99 Å². The van der Waals surface area contributed by atoms with Crippen molar-refractivity contribution in [2.75, 3.05) is 20.8 Å². The first-order valence-electron chi connectivity index (χ1n) is 9.40. The maximum Gasteiger partial charge on any atom is 0.190 e. The van der Waals surface area contributed by atoms with Gasteiger partial charge in [0.15, 0.2) is 4.80 Å². The minimum Gasteiger partial charge on any atom is -0.497 e. The van der Waals surface area contributed by atoms with Gasteiger partial charge in [-0.2, -0.15) is 0 Å². The topological polar surface area (TPSA) is 45.0 Å². The van der Waals surface area contributed by atoms with Gasteiger partial charge in [-0.1, -0.05) is 12.1 Å². The van der Waals surface area contributed by atoms with Crippen LogP contribution in [0.1, 0.15) is 12.8 Å². The van der Waals surface area contributed by atoms with Gasteiger partial charge < -0.3 is 18.8 Å². The Balaban J connectivity index is 1.79. The second-order valence-electron chi connectivity index (χ2n) is 6.66. The fourth-order valence-corrected chi connectivity index (χ4v) is 4.34. The van der Waals surface area contributed by atoms with Crippen LogP contribution in [0, 0.1) is 0 Å². The summed E-state index contributed by atoms with van der Waals surface area (Å²) >= 11 is 1.63. The molecule has 0 bridgehead atoms. The molecular formula is C22H24N2O3S. The van der Waals surface area contributed by atoms with E-state index in [9.17, 15) is 0 Å². The van der Waals surface area contributed by atoms with Crippen molar-refractivity contribution in [2.45, 2.75) is 25.5 Å². The quantitative estimate of drug-likeness (QED) is 0.609. The van der Waals surface area contributed by atoms with Crippen LogP contribution in [-0.4, -0.2) is 31.5 Å². The van der Waals surface area contributed by atoms with E-state index in [4.69, 9.17) is 19.2 Å². The lowest BCUT2D eigenvalue weighted by atomic mass is 10.1. The summed E-state index contributed by atoms with van der Waals surface area (Å²) in [6.45, 7) is 1.63. The molecule has 1 unspecified atom stereocenters. The van der Waals surface area contributed by atoms with Crippen LogP contribution in [0.4, 0.5) is 5.69 Å². The van der Waals surface area contributed by atoms with Crippen LogP contribution in [0.5, 0.6) is 11.5 Å². The first-order valence-corrected chi connectivity index (χ1v) is 10.3. The van der Waals surface area contributed by atoms with E-state index in [1.807, 2.05) is 36.4 Å². The zero-order valence-electron chi connectivity index (χ0n) is 16.1. The van der Waals surface area contributed by atoms with Crippen molar-refractivity contribution in [3.05, 3.63) is 58.7 Å². The Hall–Kier alpha value is -2.57. The molecule has 2 heterocycles. The Morgan fingerprint density at radius 1 is 1.11 bits per heavy atom. The third-order valence-corrected chi connectivity index (χ3v) is 5.76. The van der Waals surface area contributed by atoms with Crippen LogP contribution in [0.25, 0.3) is 11.3 Å². The number of rotatable bonds is 6. The summed E-state index contributed by atoms with van der Waals surface area (Å²) < 4.78 is 18.9. The van der Waals surface area contributed by atoms with Crippen LogP contribution in [0.3, 0.4) is 0 Å². The molecule has 4 rings (SSSR count). The Morgan fingerprint density at radius 3 is 2.64 bits per heavy atom. The average molecular weight is 397 g/mol. The number of ether oxygens (including phenoxy) is 3. The molecule has 146 valence electrons. The Bertz CT molecular complexity index is 986. The number of methoxy groups -OCH3 is 2. The molecule has 0 aliphatic carbocycles. The fraction of sp³-hybridized carbons (Fsp3) is 0.318. The molecule has 0 radical (unpaired) electrons. The van der Waals surface area contributed by atoms with E-state index < -0.39 is 0 Å². The normalized spacial score (nSPS) is 17.1. The predicted octanol–water partition coefficient (Wildman–Crippen LogP) is 4.65. The van der Waals surface area contributed by atoms with Crippen molar-refractivity contribution in [1.29, 1.82) is 0 Å². The molecule has 1 atom stereocenters. The molecule has 0 spiro atoms. The molecule has 5 nitrogen and oxygen atoms in total. The number of hydrogen-bond donors (Lipinski definition) is 0. The number of thiazole rings is 1. The van der Waals surface area contributed by atoms with E-state index in [0.717, 1.165) is 59.2 Å². The monoisotopic (exact) mass is 396 g/mol. The average Bonchev–Trinajstić information content (AvgIpc) is 3.39. The van der Waals surface area contributed by atoms with Gasteiger partial charge in [0.05, 0.1) is 32.6 Å². The van der Waals surface area contributed by atoms with Gasteiger partial charge in [-0.15, -0.1) is 11.3 Å². The zero-order chi connectivity index (χ0) is 19.3. The summed E-state index contributed by atoms with van der Waals surface area (Å²) in [7, 11) is 3.35. The fourth-order valence-electron chi connectivity index (χ4n) is 3.40. The maximum atomic E-state index is 5.90. The van der Waals surface area contributed by atoms with Crippen molar-refractivity contribution in [1.82, 2.24) is 4.57 Å². The van der Waals surface area contributed by atoms with Gasteiger partial charge in [-0.3, -0.25) is 0 Å². The van der Waals surface area contributed by atoms with Crippen molar-refractivity contribution in [3.63, 3.8) is 0 Å². The predicted molar refractivity (Wildman–Crippen MR) is 111 cm³/mol. The first kappa shape index (κ1) is 18.8. The molecular weight excluding hydrogens is 372 g/mol. The third-order valence-electron chi connectivity index (χ3n) is 4.89. The SMILES string of the molecule is COc1ccc(-c2csc(=Nc3ccccc3OC)n2CC2CCCO2)cc1. The van der Waals surface area contributed by atoms with E-state index in [0.29, 0.717) is 0 Å². The van der Waals surface area contributed by atoms with Gasteiger partial charge in [0.2, 0.25) is 0 Å². The standard InChI is InChI=1S/C22H24N2O3S/c1-25-17-11-9-16(10-12-17)20-15-28-22(24(20)14-18-6-5-13-27-18)23-19-7-3-4-8-21(19)26-2/h3-4,7-12,15,18H,5-6,13-14H2,1-2H3. The number of nitrogens with zero attached hydrogens (tertiary/aromatic N) is 2. The van der Waals surface area contributed by atoms with Crippen molar-refractivity contribution < 1.29 is 14.2 Å². The van der Waals surface area contributed by atoms with E-state index in [1.165, 1.54) is 0 Å². The highest BCUT2D eigenvalue weighted by Gasteiger charge is 2.19. The second kappa shape index (κ2) is 8.63. The number of para-hydroxylation sites is 2. The highest BCUT2D eigenvalue weighted by atomic mass is 32.1. The van der Waals surface area contributed by atoms with Crippen LogP contribution in [0.2, 0.25) is 0 Å². The Morgan fingerprint density at radius 2 is 1.93 bits per heavy atom. The lowest BCUT2D eigenvalue weighted by molar-refractivity contribution is 0.0968. The smallest absolute Gasteiger partial charge is 0.190 e. The van der Waals surface area contributed by atoms with Crippen LogP contribution < -0.4 is 14.3 Å². The van der Waals surface area contributed by atoms with E-state index in [2.05, 4.69) is 22.1 Å². The van der Waals surface area contributed by atoms with E-state index >= 15 is 0 Å². The molecule has 2 aromatic carbocycles. The lowest BCUT2D eigenvalue weighted by Crippen LogP contribution is -2.24. The molecule has 1 fully saturated rings. The van der Waals surface area contributed by atoms with Crippen molar-refractivity contribution in [2.24, 2.45) is 4.99 Å². The summed E-state index contributed by atoms with van der Waals surface area (Å²) in [5.41, 5.74) is 3.10. The van der Waals surface area contributed by atoms with Gasteiger partial charge in [0, 0.05) is 12.0 Å². The minimum atomic E-state index is 0.225. The van der Waals surface area contributed by atoms with E-state index in [1.54, 1.807) is 25.6 Å². The molecule has 0 amide bonds. The number of hydrogen-bond acceptors (Lipinski definition) is 5. The van der Waals surface area contributed by atoms with Gasteiger partial charge in [0.1, 0.15) is 17.2 Å². The van der Waals surface area contributed by atoms with Gasteiger partial charge in [0.25, 0.3) is 0 Å². The molecule has 1 aromatic heterocycles. The Labute approximate surface area is 168 Å². The van der Waals surface area contributed by atoms with Gasteiger partial charge >= 0.3 is 0 Å². The highest BCUT2D eigenvalue weighted by molar-refractivity contribution is 7.07. The molecule has 1 saturated heterocycles. The number of aromatic nitrogens is 1. The number of benzene rings is 2. The Kier molecular flexibility index (Phi) is 5.78. The molecule has 1 aliphatic rings. The van der Waals surface area contributed by atoms with Crippen LogP contribution >= 0.6 is 11.3 Å². The van der Waals surface area contributed by atoms with Gasteiger partial charge in [-0.05, 0) is 54.8 Å². The molecule has 3 aromatic rings. The summed E-state index contributed by atoms with van der Waals surface area (Å²) in [6, 6.07) is 16.0. The molecule has 28 heavy (non-hydrogen) atoms. The largest absolute Gasteiger partial charge is 0.497 e. The van der Waals surface area contributed by atoms with E-state index in [-0.39, 0.29) is 6.10 Å². The summed E-state index contributed by atoms with van der Waals surface area (Å²) in [5.74, 6) is 1.62. The second-order valence-corrected chi connectivity index (χ2v) is 7.50. The first-order chi connectivity index (χ1) is 13.8. The summed E-state index contributed by atoms with van der Waals surface area (Å²) in [5, 5.41) is 2.16. The third kappa shape index (κ3) is 3.98. The van der Waals surface area contributed by atoms with Crippen LogP contribution in [0.15, 0.2) is 58.9 Å². The molecule has 0 saturated carbocycles. The lowest BCUT2D eigenvalue weighted by Gasteiger charge is -2.14. The highest BCUT2D eigenvalue weighted by Crippen LogP contribution is 2.28. The molecule has 6 heteroatoms. The van der Waals surface area contributed by atoms with Crippen LogP contribution in [-0.2, 0) is 11.3 Å². The zero-order valence-corrected chi connectivity index (χ0v) is 16.9. The molecule has 0 N–H and O–H groups in total.